The Hall–Kier alpha value is -2.03. The zero-order valence-corrected chi connectivity index (χ0v) is 16.3. The first-order chi connectivity index (χ1) is 12.3. The first-order valence-corrected chi connectivity index (χ1v) is 9.93. The predicted molar refractivity (Wildman–Crippen MR) is 99.6 cm³/mol. The molecule has 140 valence electrons. The third-order valence-electron chi connectivity index (χ3n) is 4.46. The minimum atomic E-state index is -3.41. The molecule has 2 aromatic rings. The van der Waals surface area contributed by atoms with Gasteiger partial charge in [0.05, 0.1) is 0 Å². The standard InChI is InChI=1S/C18H24N4O3S/c1-13-7-5-6-8-16(13)25-17-11-14(2)19-18(20-17)15-9-10-22(12-15)26(23,24)21(3)4/h5-8,11,15H,9-10,12H2,1-4H3/t15-/m1/s1. The summed E-state index contributed by atoms with van der Waals surface area (Å²) in [6.45, 7) is 4.72. The van der Waals surface area contributed by atoms with Gasteiger partial charge in [0.1, 0.15) is 11.6 Å². The number of benzene rings is 1. The summed E-state index contributed by atoms with van der Waals surface area (Å²) in [6, 6.07) is 9.53. The average Bonchev–Trinajstić information content (AvgIpc) is 3.07. The lowest BCUT2D eigenvalue weighted by atomic mass is 10.1. The number of hydrogen-bond acceptors (Lipinski definition) is 5. The van der Waals surface area contributed by atoms with Crippen LogP contribution in [-0.2, 0) is 10.2 Å². The molecule has 0 bridgehead atoms. The van der Waals surface area contributed by atoms with Crippen molar-refractivity contribution >= 4 is 10.2 Å². The molecule has 1 atom stereocenters. The molecule has 8 heteroatoms. The van der Waals surface area contributed by atoms with E-state index >= 15 is 0 Å². The Balaban J connectivity index is 1.82. The zero-order valence-electron chi connectivity index (χ0n) is 15.5. The van der Waals surface area contributed by atoms with Gasteiger partial charge < -0.3 is 4.74 Å². The van der Waals surface area contributed by atoms with Gasteiger partial charge in [-0.25, -0.2) is 4.98 Å². The van der Waals surface area contributed by atoms with Crippen LogP contribution in [0, 0.1) is 13.8 Å². The van der Waals surface area contributed by atoms with Crippen LogP contribution in [0.1, 0.15) is 29.4 Å². The van der Waals surface area contributed by atoms with E-state index in [9.17, 15) is 8.42 Å². The fourth-order valence-electron chi connectivity index (χ4n) is 2.96. The van der Waals surface area contributed by atoms with Crippen molar-refractivity contribution in [2.45, 2.75) is 26.2 Å². The summed E-state index contributed by atoms with van der Waals surface area (Å²) in [6.07, 6.45) is 0.695. The Morgan fingerprint density at radius 2 is 1.92 bits per heavy atom. The Morgan fingerprint density at radius 1 is 1.19 bits per heavy atom. The van der Waals surface area contributed by atoms with Crippen LogP contribution in [0.25, 0.3) is 0 Å². The molecule has 3 rings (SSSR count). The van der Waals surface area contributed by atoms with Crippen LogP contribution in [0.15, 0.2) is 30.3 Å². The molecule has 0 radical (unpaired) electrons. The van der Waals surface area contributed by atoms with Gasteiger partial charge in [-0.15, -0.1) is 0 Å². The van der Waals surface area contributed by atoms with Gasteiger partial charge in [0.25, 0.3) is 10.2 Å². The second kappa shape index (κ2) is 7.30. The van der Waals surface area contributed by atoms with E-state index in [2.05, 4.69) is 9.97 Å². The van der Waals surface area contributed by atoms with E-state index in [4.69, 9.17) is 4.74 Å². The molecule has 0 saturated carbocycles. The molecule has 0 spiro atoms. The van der Waals surface area contributed by atoms with Crippen molar-refractivity contribution in [2.75, 3.05) is 27.2 Å². The largest absolute Gasteiger partial charge is 0.439 e. The molecule has 26 heavy (non-hydrogen) atoms. The van der Waals surface area contributed by atoms with Gasteiger partial charge in [-0.3, -0.25) is 0 Å². The highest BCUT2D eigenvalue weighted by Crippen LogP contribution is 2.30. The average molecular weight is 376 g/mol. The molecule has 0 N–H and O–H groups in total. The normalized spacial score (nSPS) is 18.4. The molecular formula is C18H24N4O3S. The SMILES string of the molecule is Cc1cc(Oc2ccccc2C)nc([C@@H]2CCN(S(=O)(=O)N(C)C)C2)n1. The minimum Gasteiger partial charge on any atom is -0.439 e. The van der Waals surface area contributed by atoms with Crippen molar-refractivity contribution in [1.29, 1.82) is 0 Å². The summed E-state index contributed by atoms with van der Waals surface area (Å²) in [5.74, 6) is 1.82. The smallest absolute Gasteiger partial charge is 0.281 e. The molecule has 2 heterocycles. The molecule has 1 aliphatic heterocycles. The van der Waals surface area contributed by atoms with E-state index in [-0.39, 0.29) is 5.92 Å². The van der Waals surface area contributed by atoms with Gasteiger partial charge in [-0.1, -0.05) is 18.2 Å². The topological polar surface area (TPSA) is 75.6 Å². The fraction of sp³-hybridized carbons (Fsp3) is 0.444. The molecule has 1 aliphatic rings. The molecule has 1 saturated heterocycles. The van der Waals surface area contributed by atoms with Crippen molar-refractivity contribution in [3.05, 3.63) is 47.4 Å². The fourth-order valence-corrected chi connectivity index (χ4v) is 4.13. The maximum Gasteiger partial charge on any atom is 0.281 e. The lowest BCUT2D eigenvalue weighted by Crippen LogP contribution is -2.38. The van der Waals surface area contributed by atoms with Crippen molar-refractivity contribution in [2.24, 2.45) is 0 Å². The summed E-state index contributed by atoms with van der Waals surface area (Å²) < 4.78 is 33.3. The number of nitrogens with zero attached hydrogens (tertiary/aromatic N) is 4. The molecular weight excluding hydrogens is 352 g/mol. The molecule has 0 unspecified atom stereocenters. The van der Waals surface area contributed by atoms with E-state index in [1.807, 2.05) is 38.1 Å². The number of hydrogen-bond donors (Lipinski definition) is 0. The third-order valence-corrected chi connectivity index (χ3v) is 6.37. The highest BCUT2D eigenvalue weighted by atomic mass is 32.2. The number of rotatable bonds is 5. The Bertz CT molecular complexity index is 899. The minimum absolute atomic E-state index is 0.0381. The second-order valence-electron chi connectivity index (χ2n) is 6.71. The highest BCUT2D eigenvalue weighted by Gasteiger charge is 2.35. The van der Waals surface area contributed by atoms with Gasteiger partial charge in [0, 0.05) is 44.9 Å². The molecule has 0 aliphatic carbocycles. The monoisotopic (exact) mass is 376 g/mol. The summed E-state index contributed by atoms with van der Waals surface area (Å²) in [5.41, 5.74) is 1.82. The van der Waals surface area contributed by atoms with E-state index in [0.29, 0.717) is 31.2 Å². The van der Waals surface area contributed by atoms with Gasteiger partial charge in [-0.05, 0) is 31.9 Å². The molecule has 1 fully saturated rings. The number of aromatic nitrogens is 2. The Labute approximate surface area is 154 Å². The maximum atomic E-state index is 12.3. The van der Waals surface area contributed by atoms with Crippen LogP contribution >= 0.6 is 0 Å². The number of aryl methyl sites for hydroxylation is 2. The van der Waals surface area contributed by atoms with Crippen LogP contribution in [0.2, 0.25) is 0 Å². The van der Waals surface area contributed by atoms with Gasteiger partial charge in [-0.2, -0.15) is 22.0 Å². The van der Waals surface area contributed by atoms with Crippen molar-refractivity contribution in [1.82, 2.24) is 18.6 Å². The maximum absolute atomic E-state index is 12.3. The molecule has 0 amide bonds. The van der Waals surface area contributed by atoms with Crippen LogP contribution in [0.3, 0.4) is 0 Å². The Kier molecular flexibility index (Phi) is 5.27. The van der Waals surface area contributed by atoms with Crippen molar-refractivity contribution < 1.29 is 13.2 Å². The first-order valence-electron chi connectivity index (χ1n) is 8.54. The van der Waals surface area contributed by atoms with Crippen molar-refractivity contribution in [3.8, 4) is 11.6 Å². The third kappa shape index (κ3) is 3.87. The Morgan fingerprint density at radius 3 is 2.62 bits per heavy atom. The van der Waals surface area contributed by atoms with Crippen LogP contribution in [-0.4, -0.2) is 54.2 Å². The summed E-state index contributed by atoms with van der Waals surface area (Å²) in [4.78, 5) is 9.06. The molecule has 1 aromatic carbocycles. The lowest BCUT2D eigenvalue weighted by molar-refractivity contribution is 0.416. The number of para-hydroxylation sites is 1. The molecule has 7 nitrogen and oxygen atoms in total. The zero-order chi connectivity index (χ0) is 18.9. The van der Waals surface area contributed by atoms with Crippen LogP contribution in [0.4, 0.5) is 0 Å². The highest BCUT2D eigenvalue weighted by molar-refractivity contribution is 7.86. The summed E-state index contributed by atoms with van der Waals surface area (Å²) in [7, 11) is -0.329. The van der Waals surface area contributed by atoms with E-state index in [1.54, 1.807) is 20.2 Å². The first kappa shape index (κ1) is 18.8. The van der Waals surface area contributed by atoms with Gasteiger partial charge in [0.15, 0.2) is 0 Å². The quantitative estimate of drug-likeness (QED) is 0.801. The summed E-state index contributed by atoms with van der Waals surface area (Å²) >= 11 is 0. The van der Waals surface area contributed by atoms with Gasteiger partial charge >= 0.3 is 0 Å². The second-order valence-corrected chi connectivity index (χ2v) is 8.85. The van der Waals surface area contributed by atoms with E-state index < -0.39 is 10.2 Å². The predicted octanol–water partition coefficient (Wildman–Crippen LogP) is 2.48. The van der Waals surface area contributed by atoms with Crippen LogP contribution in [0.5, 0.6) is 11.6 Å². The van der Waals surface area contributed by atoms with Crippen LogP contribution < -0.4 is 4.74 Å². The lowest BCUT2D eigenvalue weighted by Gasteiger charge is -2.20. The number of ether oxygens (including phenoxy) is 1. The molecule has 1 aromatic heterocycles. The summed E-state index contributed by atoms with van der Waals surface area (Å²) in [5, 5.41) is 0. The van der Waals surface area contributed by atoms with E-state index in [0.717, 1.165) is 17.0 Å². The van der Waals surface area contributed by atoms with E-state index in [1.165, 1.54) is 8.61 Å². The van der Waals surface area contributed by atoms with Crippen molar-refractivity contribution in [3.63, 3.8) is 0 Å². The van der Waals surface area contributed by atoms with Gasteiger partial charge in [0.2, 0.25) is 5.88 Å².